The highest BCUT2D eigenvalue weighted by atomic mass is 16.7. The van der Waals surface area contributed by atoms with Gasteiger partial charge in [-0.1, -0.05) is 0 Å². The number of nitrogens with zero attached hydrogens (tertiary/aromatic N) is 2. The number of non-ortho nitro benzene ring substituents is 1. The first-order valence-corrected chi connectivity index (χ1v) is 3.45. The van der Waals surface area contributed by atoms with Crippen LogP contribution in [0.4, 0.5) is 17.1 Å². The SMILES string of the molecule is NN[13c]1[13cH][13cH][13c]([N+](=O)[O-])[13cH][13c]1[N+](=O)[O-]. The van der Waals surface area contributed by atoms with E-state index in [9.17, 15) is 20.2 Å². The molecule has 1 rings (SSSR count). The maximum absolute atomic E-state index is 10.4. The van der Waals surface area contributed by atoms with Gasteiger partial charge in [0.15, 0.2) is 0 Å². The van der Waals surface area contributed by atoms with Crippen molar-refractivity contribution in [3.63, 3.8) is 0 Å². The van der Waals surface area contributed by atoms with E-state index >= 15 is 0 Å². The molecular formula is C6H6N4O4. The van der Waals surface area contributed by atoms with Crippen molar-refractivity contribution in [3.8, 4) is 0 Å². The summed E-state index contributed by atoms with van der Waals surface area (Å²) in [5, 5.41) is 20.7. The number of benzene rings is 1. The van der Waals surface area contributed by atoms with Crippen molar-refractivity contribution in [2.24, 2.45) is 5.84 Å². The van der Waals surface area contributed by atoms with Gasteiger partial charge in [-0.05, 0) is 6.07 Å². The zero-order chi connectivity index (χ0) is 10.7. The number of nitrogens with one attached hydrogen (secondary N) is 1. The van der Waals surface area contributed by atoms with E-state index in [4.69, 9.17) is 5.84 Å². The molecule has 0 saturated carbocycles. The van der Waals surface area contributed by atoms with Gasteiger partial charge in [0.05, 0.1) is 15.9 Å². The summed E-state index contributed by atoms with van der Waals surface area (Å²) in [4.78, 5) is 19.3. The average Bonchev–Trinajstić information content (AvgIpc) is 2.16. The summed E-state index contributed by atoms with van der Waals surface area (Å²) in [5.41, 5.74) is 1.33. The van der Waals surface area contributed by atoms with E-state index in [1.54, 1.807) is 0 Å². The molecule has 0 heterocycles. The topological polar surface area (TPSA) is 124 Å². The Labute approximate surface area is 77.6 Å². The number of anilines is 1. The fraction of sp³-hybridized carbons (Fsp3) is 0. The van der Waals surface area contributed by atoms with Gasteiger partial charge in [-0.2, -0.15) is 0 Å². The van der Waals surface area contributed by atoms with Crippen molar-refractivity contribution < 1.29 is 9.85 Å². The lowest BCUT2D eigenvalue weighted by Crippen LogP contribution is -2.09. The molecule has 0 bridgehead atoms. The Hall–Kier alpha value is -2.22. The molecular weight excluding hydrogens is 198 g/mol. The summed E-state index contributed by atoms with van der Waals surface area (Å²) in [5.74, 6) is 4.99. The largest absolute Gasteiger partial charge is 0.318 e. The molecule has 0 aliphatic rings. The minimum absolute atomic E-state index is 0.0283. The van der Waals surface area contributed by atoms with E-state index in [2.05, 4.69) is 5.43 Å². The van der Waals surface area contributed by atoms with E-state index < -0.39 is 15.5 Å². The Kier molecular flexibility index (Phi) is 2.58. The third kappa shape index (κ3) is 1.75. The van der Waals surface area contributed by atoms with Gasteiger partial charge in [-0.15, -0.1) is 0 Å². The molecule has 14 heavy (non-hydrogen) atoms. The maximum Gasteiger partial charge on any atom is 0.300 e. The molecule has 0 fully saturated rings. The van der Waals surface area contributed by atoms with Gasteiger partial charge in [0, 0.05) is 6.07 Å². The van der Waals surface area contributed by atoms with E-state index in [1.807, 2.05) is 0 Å². The fourth-order valence-corrected chi connectivity index (χ4v) is 0.907. The number of rotatable bonds is 3. The molecule has 0 radical (unpaired) electrons. The molecule has 0 aromatic heterocycles. The first kappa shape index (κ1) is 9.86. The number of hydrazine groups is 1. The summed E-state index contributed by atoms with van der Waals surface area (Å²) in [6.45, 7) is 0. The molecule has 1 aromatic rings. The van der Waals surface area contributed by atoms with Crippen LogP contribution in [0, 0.1) is 20.2 Å². The second-order valence-corrected chi connectivity index (χ2v) is 2.36. The lowest BCUT2D eigenvalue weighted by Gasteiger charge is -2.00. The van der Waals surface area contributed by atoms with Gasteiger partial charge in [0.25, 0.3) is 5.69 Å². The van der Waals surface area contributed by atoms with E-state index in [0.717, 1.165) is 12.1 Å². The number of nitrogen functional groups attached to an aromatic ring is 1. The van der Waals surface area contributed by atoms with Crippen LogP contribution in [0.5, 0.6) is 0 Å². The summed E-state index contributed by atoms with van der Waals surface area (Å²) in [6.07, 6.45) is 0. The van der Waals surface area contributed by atoms with Gasteiger partial charge < -0.3 is 5.43 Å². The molecule has 1 aromatic carbocycles. The van der Waals surface area contributed by atoms with Crippen molar-refractivity contribution in [2.75, 3.05) is 5.43 Å². The molecule has 0 atom stereocenters. The van der Waals surface area contributed by atoms with Crippen LogP contribution >= 0.6 is 0 Å². The molecule has 0 saturated heterocycles. The van der Waals surface area contributed by atoms with Gasteiger partial charge in [-0.25, -0.2) is 0 Å². The van der Waals surface area contributed by atoms with Crippen molar-refractivity contribution in [1.29, 1.82) is 0 Å². The highest BCUT2D eigenvalue weighted by molar-refractivity contribution is 5.64. The number of nitro benzene ring substituents is 2. The first-order chi connectivity index (χ1) is 6.56. The molecule has 0 spiro atoms. The minimum Gasteiger partial charge on any atom is -0.318 e. The Morgan fingerprint density at radius 1 is 1.21 bits per heavy atom. The smallest absolute Gasteiger partial charge is 0.300 e. The molecule has 74 valence electrons. The van der Waals surface area contributed by atoms with Crippen LogP contribution < -0.4 is 11.3 Å². The van der Waals surface area contributed by atoms with Crippen molar-refractivity contribution in [3.05, 3.63) is 38.4 Å². The predicted octanol–water partition coefficient (Wildman–Crippen LogP) is 0.789. The molecule has 8 nitrogen and oxygen atoms in total. The molecule has 0 unspecified atom stereocenters. The number of hydrogen-bond donors (Lipinski definition) is 2. The van der Waals surface area contributed by atoms with Gasteiger partial charge in [-0.3, -0.25) is 26.1 Å². The molecule has 8 heteroatoms. The molecule has 3 N–H and O–H groups in total. The third-order valence-electron chi connectivity index (χ3n) is 1.54. The number of hydrogen-bond acceptors (Lipinski definition) is 6. The molecule has 0 aliphatic heterocycles. The maximum atomic E-state index is 10.4. The zero-order valence-electron chi connectivity index (χ0n) is 6.84. The monoisotopic (exact) mass is 204 g/mol. The Morgan fingerprint density at radius 2 is 1.86 bits per heavy atom. The van der Waals surface area contributed by atoms with Crippen molar-refractivity contribution in [1.82, 2.24) is 0 Å². The van der Waals surface area contributed by atoms with Gasteiger partial charge in [0.2, 0.25) is 0 Å². The summed E-state index contributed by atoms with van der Waals surface area (Å²) in [6, 6.07) is 3.15. The van der Waals surface area contributed by atoms with Gasteiger partial charge >= 0.3 is 5.69 Å². The van der Waals surface area contributed by atoms with E-state index in [0.29, 0.717) is 0 Å². The second kappa shape index (κ2) is 3.66. The van der Waals surface area contributed by atoms with Crippen LogP contribution in [0.25, 0.3) is 0 Å². The lowest BCUT2D eigenvalue weighted by molar-refractivity contribution is -0.393. The fourth-order valence-electron chi connectivity index (χ4n) is 0.907. The number of nitrogens with two attached hydrogens (primary N) is 1. The van der Waals surface area contributed by atoms with Crippen LogP contribution in [0.1, 0.15) is 0 Å². The Morgan fingerprint density at radius 3 is 2.29 bits per heavy atom. The minimum atomic E-state index is -0.748. The standard InChI is InChI=1S/C6H6N4O4/c7-8-5-2-1-4(9(11)12)3-6(5)10(13)14/h1-3,8H,7H2/i1+1,2+1,3+1,4+1,5+1,6+1. The summed E-state index contributed by atoms with van der Waals surface area (Å²) >= 11 is 0. The predicted molar refractivity (Wildman–Crippen MR) is 47.6 cm³/mol. The lowest BCUT2D eigenvalue weighted by atomic mass is 11.2. The van der Waals surface area contributed by atoms with Crippen LogP contribution in [-0.4, -0.2) is 9.85 Å². The van der Waals surface area contributed by atoms with E-state index in [-0.39, 0.29) is 11.4 Å². The average molecular weight is 204 g/mol. The van der Waals surface area contributed by atoms with Gasteiger partial charge in [0.1, 0.15) is 5.69 Å². The summed E-state index contributed by atoms with van der Waals surface area (Å²) in [7, 11) is 0. The van der Waals surface area contributed by atoms with Crippen LogP contribution in [0.2, 0.25) is 0 Å². The highest BCUT2D eigenvalue weighted by Gasteiger charge is 2.18. The second-order valence-electron chi connectivity index (χ2n) is 2.36. The number of nitro groups is 2. The Balaban J connectivity index is 3.27. The quantitative estimate of drug-likeness (QED) is 0.426. The first-order valence-electron chi connectivity index (χ1n) is 3.45. The molecule has 0 amide bonds. The highest BCUT2D eigenvalue weighted by Crippen LogP contribution is 2.27. The van der Waals surface area contributed by atoms with E-state index in [1.165, 1.54) is 6.07 Å². The third-order valence-corrected chi connectivity index (χ3v) is 1.54. The zero-order valence-corrected chi connectivity index (χ0v) is 6.84. The molecule has 0 aliphatic carbocycles. The summed E-state index contributed by atoms with van der Waals surface area (Å²) < 4.78 is 0. The van der Waals surface area contributed by atoms with Crippen LogP contribution in [-0.2, 0) is 0 Å². The Bertz CT molecular complexity index is 391. The van der Waals surface area contributed by atoms with Crippen LogP contribution in [0.15, 0.2) is 18.2 Å². The van der Waals surface area contributed by atoms with Crippen molar-refractivity contribution >= 4 is 17.1 Å². The normalized spacial score (nSPS) is 9.50. The van der Waals surface area contributed by atoms with Crippen LogP contribution in [0.3, 0.4) is 0 Å². The van der Waals surface area contributed by atoms with Crippen molar-refractivity contribution in [2.45, 2.75) is 0 Å².